The van der Waals surface area contributed by atoms with Crippen molar-refractivity contribution in [2.24, 2.45) is 0 Å². The van der Waals surface area contributed by atoms with E-state index >= 15 is 0 Å². The van der Waals surface area contributed by atoms with Gasteiger partial charge in [-0.05, 0) is 63.8 Å². The standard InChI is InChI=1S/C22H30N2O4S/c1-5-28-21(25)10-6-8-20-19-9-7-11-23(19)12-13-24(20)29(26,27)22-17(3)14-16(2)15-18(22)4/h7,9,11,14-15,20H,5-6,8,10,12-13H2,1-4H3. The van der Waals surface area contributed by atoms with Crippen molar-refractivity contribution in [3.8, 4) is 0 Å². The van der Waals surface area contributed by atoms with E-state index in [2.05, 4.69) is 4.57 Å². The fourth-order valence-corrected chi connectivity index (χ4v) is 6.42. The monoisotopic (exact) mass is 418 g/mol. The predicted octanol–water partition coefficient (Wildman–Crippen LogP) is 3.89. The Bertz CT molecular complexity index is 971. The summed E-state index contributed by atoms with van der Waals surface area (Å²) in [6.45, 7) is 8.87. The van der Waals surface area contributed by atoms with E-state index in [0.717, 1.165) is 22.4 Å². The maximum Gasteiger partial charge on any atom is 0.305 e. The first kappa shape index (κ1) is 21.6. The molecule has 3 rings (SSSR count). The van der Waals surface area contributed by atoms with Crippen LogP contribution in [-0.4, -0.2) is 36.4 Å². The summed E-state index contributed by atoms with van der Waals surface area (Å²) in [6.07, 6.45) is 3.43. The van der Waals surface area contributed by atoms with Crippen molar-refractivity contribution in [3.05, 3.63) is 52.8 Å². The van der Waals surface area contributed by atoms with Gasteiger partial charge in [0.25, 0.3) is 0 Å². The summed E-state index contributed by atoms with van der Waals surface area (Å²) in [4.78, 5) is 12.1. The van der Waals surface area contributed by atoms with Crippen LogP contribution in [0.15, 0.2) is 35.4 Å². The molecular weight excluding hydrogens is 388 g/mol. The van der Waals surface area contributed by atoms with Gasteiger partial charge in [0.2, 0.25) is 10.0 Å². The first-order valence-electron chi connectivity index (χ1n) is 10.2. The Labute approximate surface area is 173 Å². The molecule has 158 valence electrons. The number of hydrogen-bond acceptors (Lipinski definition) is 4. The molecule has 0 spiro atoms. The Kier molecular flexibility index (Phi) is 6.49. The lowest BCUT2D eigenvalue weighted by atomic mass is 10.0. The van der Waals surface area contributed by atoms with Crippen LogP contribution in [-0.2, 0) is 26.1 Å². The largest absolute Gasteiger partial charge is 0.466 e. The molecule has 7 heteroatoms. The second-order valence-corrected chi connectivity index (χ2v) is 9.51. The summed E-state index contributed by atoms with van der Waals surface area (Å²) < 4.78 is 36.2. The minimum absolute atomic E-state index is 0.238. The summed E-state index contributed by atoms with van der Waals surface area (Å²) in [5, 5.41) is 0. The number of nitrogens with zero attached hydrogens (tertiary/aromatic N) is 2. The van der Waals surface area contributed by atoms with Crippen molar-refractivity contribution in [2.45, 2.75) is 64.4 Å². The Morgan fingerprint density at radius 3 is 2.52 bits per heavy atom. The van der Waals surface area contributed by atoms with Crippen molar-refractivity contribution < 1.29 is 17.9 Å². The number of rotatable bonds is 7. The average molecular weight is 419 g/mol. The third-order valence-electron chi connectivity index (χ3n) is 5.45. The molecule has 0 saturated heterocycles. The molecule has 1 aromatic heterocycles. The third kappa shape index (κ3) is 4.41. The Morgan fingerprint density at radius 2 is 1.86 bits per heavy atom. The van der Waals surface area contributed by atoms with Gasteiger partial charge >= 0.3 is 5.97 Å². The van der Waals surface area contributed by atoms with Crippen LogP contribution in [0.2, 0.25) is 0 Å². The summed E-state index contributed by atoms with van der Waals surface area (Å²) in [6, 6.07) is 7.47. The summed E-state index contributed by atoms with van der Waals surface area (Å²) in [5.41, 5.74) is 3.58. The second kappa shape index (κ2) is 8.71. The predicted molar refractivity (Wildman–Crippen MR) is 112 cm³/mol. The van der Waals surface area contributed by atoms with Crippen molar-refractivity contribution in [1.82, 2.24) is 8.87 Å². The van der Waals surface area contributed by atoms with Gasteiger partial charge in [-0.15, -0.1) is 0 Å². The highest BCUT2D eigenvalue weighted by molar-refractivity contribution is 7.89. The van der Waals surface area contributed by atoms with Crippen LogP contribution in [0.4, 0.5) is 0 Å². The molecule has 1 aliphatic rings. The molecule has 1 aliphatic heterocycles. The van der Waals surface area contributed by atoms with E-state index in [9.17, 15) is 13.2 Å². The molecule has 0 fully saturated rings. The molecule has 29 heavy (non-hydrogen) atoms. The normalized spacial score (nSPS) is 17.2. The topological polar surface area (TPSA) is 68.6 Å². The van der Waals surface area contributed by atoms with Crippen LogP contribution in [0.1, 0.15) is 54.6 Å². The number of ether oxygens (including phenoxy) is 1. The first-order chi connectivity index (χ1) is 13.8. The lowest BCUT2D eigenvalue weighted by Gasteiger charge is -2.36. The minimum atomic E-state index is -3.67. The van der Waals surface area contributed by atoms with Gasteiger partial charge in [-0.2, -0.15) is 4.31 Å². The molecule has 0 amide bonds. The number of sulfonamides is 1. The van der Waals surface area contributed by atoms with Crippen LogP contribution in [0.3, 0.4) is 0 Å². The maximum absolute atomic E-state index is 13.7. The van der Waals surface area contributed by atoms with E-state index in [4.69, 9.17) is 4.74 Å². The van der Waals surface area contributed by atoms with Gasteiger partial charge in [0.05, 0.1) is 17.5 Å². The molecule has 1 aromatic carbocycles. The number of carbonyl (C=O) groups is 1. The molecule has 0 saturated carbocycles. The number of aryl methyl sites for hydroxylation is 3. The zero-order valence-electron chi connectivity index (χ0n) is 17.6. The Morgan fingerprint density at radius 1 is 1.17 bits per heavy atom. The second-order valence-electron chi connectivity index (χ2n) is 7.68. The smallest absolute Gasteiger partial charge is 0.305 e. The highest BCUT2D eigenvalue weighted by Crippen LogP contribution is 2.36. The quantitative estimate of drug-likeness (QED) is 0.640. The maximum atomic E-state index is 13.7. The highest BCUT2D eigenvalue weighted by atomic mass is 32.2. The number of fused-ring (bicyclic) bond motifs is 1. The van der Waals surface area contributed by atoms with E-state index in [1.807, 2.05) is 51.2 Å². The van der Waals surface area contributed by atoms with E-state index < -0.39 is 10.0 Å². The Balaban J connectivity index is 1.93. The average Bonchev–Trinajstić information content (AvgIpc) is 3.09. The number of aromatic nitrogens is 1. The van der Waals surface area contributed by atoms with Gasteiger partial charge in [0.1, 0.15) is 0 Å². The lowest BCUT2D eigenvalue weighted by molar-refractivity contribution is -0.143. The molecule has 0 radical (unpaired) electrons. The zero-order valence-corrected chi connectivity index (χ0v) is 18.5. The number of esters is 1. The van der Waals surface area contributed by atoms with Gasteiger partial charge in [0, 0.05) is 31.4 Å². The fourth-order valence-electron chi connectivity index (χ4n) is 4.39. The van der Waals surface area contributed by atoms with Crippen LogP contribution < -0.4 is 0 Å². The van der Waals surface area contributed by atoms with Gasteiger partial charge in [0.15, 0.2) is 0 Å². The van der Waals surface area contributed by atoms with Crippen molar-refractivity contribution in [1.29, 1.82) is 0 Å². The SMILES string of the molecule is CCOC(=O)CCCC1c2cccn2CCN1S(=O)(=O)c1c(C)cc(C)cc1C. The van der Waals surface area contributed by atoms with Crippen LogP contribution in [0.5, 0.6) is 0 Å². The molecule has 0 aliphatic carbocycles. The van der Waals surface area contributed by atoms with E-state index in [1.165, 1.54) is 0 Å². The molecule has 1 unspecified atom stereocenters. The molecule has 0 bridgehead atoms. The number of benzene rings is 1. The van der Waals surface area contributed by atoms with E-state index in [-0.39, 0.29) is 12.0 Å². The summed E-state index contributed by atoms with van der Waals surface area (Å²) in [5.74, 6) is -0.238. The van der Waals surface area contributed by atoms with Gasteiger partial charge in [-0.25, -0.2) is 8.42 Å². The van der Waals surface area contributed by atoms with E-state index in [0.29, 0.717) is 43.9 Å². The van der Waals surface area contributed by atoms with Gasteiger partial charge < -0.3 is 9.30 Å². The Hall–Kier alpha value is -2.12. The number of hydrogen-bond donors (Lipinski definition) is 0. The lowest BCUT2D eigenvalue weighted by Crippen LogP contribution is -2.42. The van der Waals surface area contributed by atoms with Gasteiger partial charge in [-0.1, -0.05) is 17.7 Å². The van der Waals surface area contributed by atoms with Crippen LogP contribution in [0, 0.1) is 20.8 Å². The summed E-state index contributed by atoms with van der Waals surface area (Å²) in [7, 11) is -3.67. The van der Waals surface area contributed by atoms with Crippen LogP contribution >= 0.6 is 0 Å². The van der Waals surface area contributed by atoms with Crippen molar-refractivity contribution >= 4 is 16.0 Å². The third-order valence-corrected chi connectivity index (χ3v) is 7.66. The minimum Gasteiger partial charge on any atom is -0.466 e. The fraction of sp³-hybridized carbons (Fsp3) is 0.500. The first-order valence-corrected chi connectivity index (χ1v) is 11.6. The highest BCUT2D eigenvalue weighted by Gasteiger charge is 2.37. The molecule has 1 atom stereocenters. The van der Waals surface area contributed by atoms with Crippen molar-refractivity contribution in [3.63, 3.8) is 0 Å². The van der Waals surface area contributed by atoms with E-state index in [1.54, 1.807) is 11.2 Å². The molecule has 6 nitrogen and oxygen atoms in total. The zero-order chi connectivity index (χ0) is 21.2. The number of carbonyl (C=O) groups excluding carboxylic acids is 1. The van der Waals surface area contributed by atoms with Crippen molar-refractivity contribution in [2.75, 3.05) is 13.2 Å². The molecular formula is C22H30N2O4S. The molecule has 0 N–H and O–H groups in total. The van der Waals surface area contributed by atoms with Crippen LogP contribution in [0.25, 0.3) is 0 Å². The summed E-state index contributed by atoms with van der Waals surface area (Å²) >= 11 is 0. The molecule has 2 heterocycles. The molecule has 2 aromatic rings. The van der Waals surface area contributed by atoms with Gasteiger partial charge in [-0.3, -0.25) is 4.79 Å².